The van der Waals surface area contributed by atoms with Crippen LogP contribution >= 0.6 is 0 Å². The highest BCUT2D eigenvalue weighted by Gasteiger charge is 2.29. The Morgan fingerprint density at radius 2 is 1.87 bits per heavy atom. The number of rotatable bonds is 7. The molecule has 8 nitrogen and oxygen atoms in total. The van der Waals surface area contributed by atoms with E-state index in [4.69, 9.17) is 14.2 Å². The second-order valence-corrected chi connectivity index (χ2v) is 8.50. The van der Waals surface area contributed by atoms with E-state index in [1.165, 1.54) is 26.4 Å². The van der Waals surface area contributed by atoms with Crippen LogP contribution in [0.15, 0.2) is 47.4 Å². The van der Waals surface area contributed by atoms with Gasteiger partial charge >= 0.3 is 0 Å². The summed E-state index contributed by atoms with van der Waals surface area (Å²) < 4.78 is 56.5. The van der Waals surface area contributed by atoms with Crippen LogP contribution in [0, 0.1) is 5.82 Å². The summed E-state index contributed by atoms with van der Waals surface area (Å²) >= 11 is 0. The molecule has 1 aliphatic heterocycles. The summed E-state index contributed by atoms with van der Waals surface area (Å²) in [5.41, 5.74) is 0.803. The first-order valence-corrected chi connectivity index (χ1v) is 10.9. The van der Waals surface area contributed by atoms with Crippen LogP contribution in [-0.4, -0.2) is 59.2 Å². The smallest absolute Gasteiger partial charge is 0.248 e. The number of morpholine rings is 1. The molecule has 0 bridgehead atoms. The number of benzene rings is 2. The van der Waals surface area contributed by atoms with Crippen LogP contribution in [0.3, 0.4) is 0 Å². The lowest BCUT2D eigenvalue weighted by Gasteiger charge is -2.26. The molecule has 31 heavy (non-hydrogen) atoms. The van der Waals surface area contributed by atoms with Crippen molar-refractivity contribution in [3.05, 3.63) is 53.9 Å². The van der Waals surface area contributed by atoms with Crippen LogP contribution in [0.2, 0.25) is 0 Å². The zero-order valence-corrected chi connectivity index (χ0v) is 17.9. The zero-order chi connectivity index (χ0) is 22.4. The number of nitrogens with one attached hydrogen (secondary N) is 1. The van der Waals surface area contributed by atoms with Gasteiger partial charge in [-0.2, -0.15) is 4.31 Å². The minimum atomic E-state index is -4.04. The summed E-state index contributed by atoms with van der Waals surface area (Å²) in [6, 6.07) is 8.56. The molecule has 0 unspecified atom stereocenters. The Morgan fingerprint density at radius 3 is 2.55 bits per heavy atom. The molecule has 1 aliphatic rings. The van der Waals surface area contributed by atoms with Gasteiger partial charge in [0.05, 0.1) is 27.4 Å². The third-order valence-corrected chi connectivity index (χ3v) is 6.56. The van der Waals surface area contributed by atoms with E-state index < -0.39 is 26.6 Å². The number of hydrogen-bond acceptors (Lipinski definition) is 6. The number of nitrogens with zero attached hydrogens (tertiary/aromatic N) is 1. The normalized spacial score (nSPS) is 15.1. The van der Waals surface area contributed by atoms with Gasteiger partial charge in [-0.25, -0.2) is 12.8 Å². The van der Waals surface area contributed by atoms with E-state index in [9.17, 15) is 17.6 Å². The number of carbonyl (C=O) groups is 1. The lowest BCUT2D eigenvalue weighted by atomic mass is 10.1. The van der Waals surface area contributed by atoms with Crippen LogP contribution < -0.4 is 14.8 Å². The fourth-order valence-electron chi connectivity index (χ4n) is 3.01. The molecular weight excluding hydrogens is 427 g/mol. The van der Waals surface area contributed by atoms with Crippen molar-refractivity contribution in [2.75, 3.05) is 45.8 Å². The van der Waals surface area contributed by atoms with Gasteiger partial charge in [0.2, 0.25) is 15.9 Å². The van der Waals surface area contributed by atoms with Gasteiger partial charge in [-0.1, -0.05) is 0 Å². The van der Waals surface area contributed by atoms with Gasteiger partial charge in [0, 0.05) is 36.5 Å². The lowest BCUT2D eigenvalue weighted by Crippen LogP contribution is -2.40. The predicted octanol–water partition coefficient (Wildman–Crippen LogP) is 2.52. The maximum Gasteiger partial charge on any atom is 0.248 e. The van der Waals surface area contributed by atoms with Gasteiger partial charge in [-0.15, -0.1) is 0 Å². The third-order valence-electron chi connectivity index (χ3n) is 4.64. The molecular formula is C21H23FN2O6S. The Hall–Kier alpha value is -2.95. The molecule has 0 spiro atoms. The molecule has 166 valence electrons. The number of carbonyl (C=O) groups excluding carboxylic acids is 1. The maximum atomic E-state index is 14.3. The van der Waals surface area contributed by atoms with E-state index in [2.05, 4.69) is 5.32 Å². The second-order valence-electron chi connectivity index (χ2n) is 6.59. The molecule has 1 fully saturated rings. The molecule has 2 aromatic carbocycles. The van der Waals surface area contributed by atoms with Gasteiger partial charge < -0.3 is 19.5 Å². The molecule has 3 rings (SSSR count). The summed E-state index contributed by atoms with van der Waals surface area (Å²) in [5.74, 6) is -0.273. The summed E-state index contributed by atoms with van der Waals surface area (Å²) in [4.78, 5) is 11.8. The topological polar surface area (TPSA) is 94.2 Å². The Morgan fingerprint density at radius 1 is 1.13 bits per heavy atom. The van der Waals surface area contributed by atoms with Crippen LogP contribution in [0.5, 0.6) is 11.5 Å². The van der Waals surface area contributed by atoms with Crippen molar-refractivity contribution < 1.29 is 31.8 Å². The van der Waals surface area contributed by atoms with Crippen molar-refractivity contribution in [2.45, 2.75) is 4.90 Å². The minimum Gasteiger partial charge on any atom is -0.497 e. The van der Waals surface area contributed by atoms with Crippen molar-refractivity contribution in [1.82, 2.24) is 4.31 Å². The summed E-state index contributed by atoms with van der Waals surface area (Å²) in [6.45, 7) is 0.781. The molecule has 0 atom stereocenters. The molecule has 10 heteroatoms. The van der Waals surface area contributed by atoms with E-state index in [1.807, 2.05) is 0 Å². The lowest BCUT2D eigenvalue weighted by molar-refractivity contribution is -0.111. The maximum absolute atomic E-state index is 14.3. The first kappa shape index (κ1) is 22.7. The highest BCUT2D eigenvalue weighted by molar-refractivity contribution is 7.89. The quantitative estimate of drug-likeness (QED) is 0.652. The van der Waals surface area contributed by atoms with E-state index in [-0.39, 0.29) is 32.0 Å². The third kappa shape index (κ3) is 5.40. The average molecular weight is 450 g/mol. The number of sulfonamides is 1. The van der Waals surface area contributed by atoms with E-state index in [1.54, 1.807) is 24.3 Å². The Labute approximate surface area is 180 Å². The van der Waals surface area contributed by atoms with Crippen molar-refractivity contribution in [2.24, 2.45) is 0 Å². The summed E-state index contributed by atoms with van der Waals surface area (Å²) in [7, 11) is -1.00. The monoisotopic (exact) mass is 450 g/mol. The summed E-state index contributed by atoms with van der Waals surface area (Å²) in [5, 5.41) is 2.55. The Balaban J connectivity index is 1.76. The number of ether oxygens (including phenoxy) is 3. The van der Waals surface area contributed by atoms with E-state index in [0.29, 0.717) is 17.1 Å². The van der Waals surface area contributed by atoms with Gasteiger partial charge in [0.15, 0.2) is 0 Å². The van der Waals surface area contributed by atoms with Crippen molar-refractivity contribution >= 4 is 27.7 Å². The average Bonchev–Trinajstić information content (AvgIpc) is 2.79. The molecule has 1 amide bonds. The van der Waals surface area contributed by atoms with Gasteiger partial charge in [0.25, 0.3) is 0 Å². The molecule has 1 N–H and O–H groups in total. The van der Waals surface area contributed by atoms with Crippen LogP contribution in [0.4, 0.5) is 10.1 Å². The van der Waals surface area contributed by atoms with Crippen molar-refractivity contribution in [1.29, 1.82) is 0 Å². The molecule has 0 radical (unpaired) electrons. The fraction of sp³-hybridized carbons (Fsp3) is 0.286. The largest absolute Gasteiger partial charge is 0.497 e. The molecule has 1 heterocycles. The molecule has 0 aliphatic carbocycles. The first-order chi connectivity index (χ1) is 14.8. The molecule has 0 saturated carbocycles. The number of methoxy groups -OCH3 is 2. The number of hydrogen-bond donors (Lipinski definition) is 1. The molecule has 2 aromatic rings. The molecule has 0 aromatic heterocycles. The number of halogens is 1. The van der Waals surface area contributed by atoms with Gasteiger partial charge in [-0.3, -0.25) is 4.79 Å². The van der Waals surface area contributed by atoms with Gasteiger partial charge in [0.1, 0.15) is 22.2 Å². The second kappa shape index (κ2) is 9.90. The predicted molar refractivity (Wildman–Crippen MR) is 113 cm³/mol. The number of amides is 1. The first-order valence-electron chi connectivity index (χ1n) is 9.43. The fourth-order valence-corrected chi connectivity index (χ4v) is 4.51. The minimum absolute atomic E-state index is 0.144. The Kier molecular flexibility index (Phi) is 7.26. The van der Waals surface area contributed by atoms with E-state index >= 15 is 0 Å². The molecule has 1 saturated heterocycles. The summed E-state index contributed by atoms with van der Waals surface area (Å²) in [6.07, 6.45) is 2.81. The highest BCUT2D eigenvalue weighted by Crippen LogP contribution is 2.26. The van der Waals surface area contributed by atoms with E-state index in [0.717, 1.165) is 16.4 Å². The number of anilines is 1. The Bertz CT molecular complexity index is 1080. The highest BCUT2D eigenvalue weighted by atomic mass is 32.2. The van der Waals surface area contributed by atoms with Crippen LogP contribution in [-0.2, 0) is 19.6 Å². The standard InChI is InChI=1S/C21H23FN2O6S/c1-28-17-6-3-15(19(14-17)29-2)4-8-21(25)23-16-5-7-18(22)20(13-16)31(26,27)24-9-11-30-12-10-24/h3-8,13-14H,9-12H2,1-2H3,(H,23,25)/b8-4+. The SMILES string of the molecule is COc1ccc(/C=C/C(=O)Nc2ccc(F)c(S(=O)(=O)N3CCOCC3)c2)c(OC)c1. The van der Waals surface area contributed by atoms with Crippen molar-refractivity contribution in [3.63, 3.8) is 0 Å². The zero-order valence-electron chi connectivity index (χ0n) is 17.1. The van der Waals surface area contributed by atoms with Crippen LogP contribution in [0.1, 0.15) is 5.56 Å². The van der Waals surface area contributed by atoms with Gasteiger partial charge in [-0.05, 0) is 36.4 Å². The van der Waals surface area contributed by atoms with Crippen LogP contribution in [0.25, 0.3) is 6.08 Å². The van der Waals surface area contributed by atoms with Crippen molar-refractivity contribution in [3.8, 4) is 11.5 Å².